The van der Waals surface area contributed by atoms with Gasteiger partial charge in [0.25, 0.3) is 5.95 Å². The van der Waals surface area contributed by atoms with Crippen LogP contribution in [0.4, 0.5) is 10.7 Å². The zero-order valence-corrected chi connectivity index (χ0v) is 9.32. The molecule has 0 spiro atoms. The molecule has 2 aromatic rings. The van der Waals surface area contributed by atoms with E-state index in [1.807, 2.05) is 35.8 Å². The van der Waals surface area contributed by atoms with Gasteiger partial charge >= 0.3 is 6.03 Å². The maximum absolute atomic E-state index is 11.2. The fourth-order valence-electron chi connectivity index (χ4n) is 1.29. The second-order valence-electron chi connectivity index (χ2n) is 3.29. The van der Waals surface area contributed by atoms with Crippen LogP contribution < -0.4 is 22.1 Å². The molecule has 8 nitrogen and oxygen atoms in total. The summed E-state index contributed by atoms with van der Waals surface area (Å²) in [5, 5.41) is 0.702. The summed E-state index contributed by atoms with van der Waals surface area (Å²) >= 11 is 0. The van der Waals surface area contributed by atoms with Crippen molar-refractivity contribution in [3.63, 3.8) is 0 Å². The molecule has 0 saturated heterocycles. The molecule has 0 unspecified atom stereocenters. The summed E-state index contributed by atoms with van der Waals surface area (Å²) in [5.41, 5.74) is 2.68. The zero-order chi connectivity index (χ0) is 13.0. The Hall–Kier alpha value is -2.58. The minimum atomic E-state index is -0.722. The second-order valence-corrected chi connectivity index (χ2v) is 3.29. The number of amides is 2. The third kappa shape index (κ3) is 2.39. The molecule has 0 atom stereocenters. The van der Waals surface area contributed by atoms with Gasteiger partial charge in [-0.2, -0.15) is 15.0 Å². The van der Waals surface area contributed by atoms with Crippen LogP contribution in [0.25, 0.3) is 11.4 Å². The average Bonchev–Trinajstić information content (AvgIpc) is 2.46. The lowest BCUT2D eigenvalue weighted by atomic mass is 10.2. The third-order valence-electron chi connectivity index (χ3n) is 2.15. The largest absolute Gasteiger partial charge is 0.353 e. The van der Waals surface area contributed by atoms with Crippen LogP contribution in [-0.4, -0.2) is 21.0 Å². The molecule has 8 heteroatoms. The maximum Gasteiger partial charge on any atom is 0.353 e. The van der Waals surface area contributed by atoms with Crippen LogP contribution in [0.2, 0.25) is 0 Å². The minimum absolute atomic E-state index is 0.00630. The Morgan fingerprint density at radius 3 is 2.61 bits per heavy atom. The molecular weight excluding hydrogens is 234 g/mol. The van der Waals surface area contributed by atoms with Crippen LogP contribution in [0.5, 0.6) is 0 Å². The number of anilines is 1. The molecule has 1 aromatic carbocycles. The van der Waals surface area contributed by atoms with Crippen LogP contribution in [0, 0.1) is 0 Å². The molecule has 0 bridgehead atoms. The van der Waals surface area contributed by atoms with Crippen molar-refractivity contribution in [2.24, 2.45) is 11.7 Å². The molecule has 92 valence electrons. The summed E-state index contributed by atoms with van der Waals surface area (Å²) in [6, 6.07) is 8.53. The first-order valence-corrected chi connectivity index (χ1v) is 5.02. The molecule has 0 radical (unpaired) electrons. The van der Waals surface area contributed by atoms with Crippen LogP contribution in [0.3, 0.4) is 0 Å². The van der Waals surface area contributed by atoms with E-state index in [2.05, 4.69) is 15.0 Å². The summed E-state index contributed by atoms with van der Waals surface area (Å²) in [6.45, 7) is 0. The highest BCUT2D eigenvalue weighted by atomic mass is 16.2. The monoisotopic (exact) mass is 245 g/mol. The molecule has 0 saturated carbocycles. The van der Waals surface area contributed by atoms with Gasteiger partial charge in [0.2, 0.25) is 0 Å². The number of hydrogen-bond donors (Lipinski definition) is 3. The van der Waals surface area contributed by atoms with Crippen molar-refractivity contribution in [3.05, 3.63) is 36.7 Å². The van der Waals surface area contributed by atoms with Gasteiger partial charge in [-0.05, 0) is 0 Å². The van der Waals surface area contributed by atoms with Crippen molar-refractivity contribution < 1.29 is 4.79 Å². The minimum Gasteiger partial charge on any atom is -0.274 e. The summed E-state index contributed by atoms with van der Waals surface area (Å²) in [4.78, 5) is 23.1. The number of urea groups is 1. The third-order valence-corrected chi connectivity index (χ3v) is 2.15. The Bertz CT molecular complexity index is 545. The number of nitrogens with one attached hydrogen (secondary N) is 1. The Morgan fingerprint density at radius 1 is 1.22 bits per heavy atom. The van der Waals surface area contributed by atoms with E-state index in [0.29, 0.717) is 10.8 Å². The summed E-state index contributed by atoms with van der Waals surface area (Å²) in [7, 11) is 0. The number of hydrazine groups is 2. The molecule has 5 N–H and O–H groups in total. The molecule has 1 heterocycles. The van der Waals surface area contributed by atoms with E-state index >= 15 is 0 Å². The van der Waals surface area contributed by atoms with Crippen molar-refractivity contribution in [3.8, 4) is 11.4 Å². The van der Waals surface area contributed by atoms with Gasteiger partial charge in [-0.25, -0.2) is 21.5 Å². The number of carbonyl (C=O) groups is 1. The fraction of sp³-hybridized carbons (Fsp3) is 0. The Kier molecular flexibility index (Phi) is 3.41. The lowest BCUT2D eigenvalue weighted by Crippen LogP contribution is -2.48. The number of carbonyl (C=O) groups excluding carboxylic acids is 1. The van der Waals surface area contributed by atoms with Crippen LogP contribution in [0.1, 0.15) is 0 Å². The van der Waals surface area contributed by atoms with Crippen molar-refractivity contribution in [1.82, 2.24) is 20.4 Å². The molecule has 1 aromatic heterocycles. The number of benzene rings is 1. The van der Waals surface area contributed by atoms with E-state index in [1.54, 1.807) is 0 Å². The van der Waals surface area contributed by atoms with Gasteiger partial charge in [-0.3, -0.25) is 5.43 Å². The van der Waals surface area contributed by atoms with Crippen molar-refractivity contribution in [2.45, 2.75) is 0 Å². The first-order chi connectivity index (χ1) is 8.72. The van der Waals surface area contributed by atoms with Crippen LogP contribution in [0.15, 0.2) is 36.7 Å². The highest BCUT2D eigenvalue weighted by molar-refractivity contribution is 5.88. The first kappa shape index (κ1) is 11.9. The number of nitrogens with two attached hydrogens (primary N) is 2. The van der Waals surface area contributed by atoms with Gasteiger partial charge in [-0.15, -0.1) is 0 Å². The Balaban J connectivity index is 2.34. The molecule has 18 heavy (non-hydrogen) atoms. The molecule has 2 rings (SSSR count). The van der Waals surface area contributed by atoms with Gasteiger partial charge < -0.3 is 0 Å². The van der Waals surface area contributed by atoms with Gasteiger partial charge in [0.15, 0.2) is 5.82 Å². The molecule has 0 aliphatic carbocycles. The van der Waals surface area contributed by atoms with Crippen molar-refractivity contribution in [2.75, 3.05) is 5.01 Å². The van der Waals surface area contributed by atoms with E-state index in [-0.39, 0.29) is 5.95 Å². The molecule has 0 aliphatic heterocycles. The number of rotatable bonds is 2. The summed E-state index contributed by atoms with van der Waals surface area (Å²) < 4.78 is 0. The Morgan fingerprint density at radius 2 is 1.94 bits per heavy atom. The number of aromatic nitrogens is 3. The smallest absolute Gasteiger partial charge is 0.274 e. The van der Waals surface area contributed by atoms with E-state index in [4.69, 9.17) is 11.7 Å². The molecular formula is C10H11N7O. The van der Waals surface area contributed by atoms with E-state index in [9.17, 15) is 4.79 Å². The van der Waals surface area contributed by atoms with Gasteiger partial charge in [-0.1, -0.05) is 30.3 Å². The van der Waals surface area contributed by atoms with Gasteiger partial charge in [0.05, 0.1) is 0 Å². The van der Waals surface area contributed by atoms with Gasteiger partial charge in [0, 0.05) is 5.56 Å². The lowest BCUT2D eigenvalue weighted by Gasteiger charge is -2.13. The van der Waals surface area contributed by atoms with E-state index in [0.717, 1.165) is 5.56 Å². The number of nitrogens with zero attached hydrogens (tertiary/aromatic N) is 4. The summed E-state index contributed by atoms with van der Waals surface area (Å²) in [5.74, 6) is 10.9. The van der Waals surface area contributed by atoms with Crippen LogP contribution >= 0.6 is 0 Å². The van der Waals surface area contributed by atoms with Crippen molar-refractivity contribution in [1.29, 1.82) is 0 Å². The predicted octanol–water partition coefficient (Wildman–Crippen LogP) is -0.198. The topological polar surface area (TPSA) is 123 Å². The molecule has 0 fully saturated rings. The first-order valence-electron chi connectivity index (χ1n) is 5.02. The van der Waals surface area contributed by atoms with Gasteiger partial charge in [0.1, 0.15) is 6.33 Å². The van der Waals surface area contributed by atoms with E-state index in [1.165, 1.54) is 6.33 Å². The fourth-order valence-corrected chi connectivity index (χ4v) is 1.29. The second kappa shape index (κ2) is 5.17. The van der Waals surface area contributed by atoms with Crippen molar-refractivity contribution >= 4 is 12.0 Å². The standard InChI is InChI=1S/C10H11N7O/c11-16-10(18)17(12)9-14-6-13-8(15-9)7-4-2-1-3-5-7/h1-6H,11-12H2,(H,16,18). The molecule has 0 aliphatic rings. The maximum atomic E-state index is 11.2. The average molecular weight is 245 g/mol. The normalized spacial score (nSPS) is 9.89. The lowest BCUT2D eigenvalue weighted by molar-refractivity contribution is 0.246. The summed E-state index contributed by atoms with van der Waals surface area (Å²) in [6.07, 6.45) is 1.27. The molecule has 2 amide bonds. The SMILES string of the molecule is NNC(=O)N(N)c1ncnc(-c2ccccc2)n1. The van der Waals surface area contributed by atoms with Crippen LogP contribution in [-0.2, 0) is 0 Å². The quantitative estimate of drug-likeness (QED) is 0.382. The number of hydrogen-bond acceptors (Lipinski definition) is 6. The zero-order valence-electron chi connectivity index (χ0n) is 9.32. The predicted molar refractivity (Wildman–Crippen MR) is 64.6 cm³/mol. The highest BCUT2D eigenvalue weighted by Gasteiger charge is 2.14. The van der Waals surface area contributed by atoms with E-state index < -0.39 is 6.03 Å². The Labute approximate surface area is 103 Å². The highest BCUT2D eigenvalue weighted by Crippen LogP contribution is 2.14.